The summed E-state index contributed by atoms with van der Waals surface area (Å²) in [5, 5.41) is 3.61. The quantitative estimate of drug-likeness (QED) is 0.845. The van der Waals surface area contributed by atoms with Gasteiger partial charge in [-0.1, -0.05) is 6.07 Å². The van der Waals surface area contributed by atoms with Crippen molar-refractivity contribution in [1.82, 2.24) is 0 Å². The Morgan fingerprint density at radius 1 is 1.24 bits per heavy atom. The highest BCUT2D eigenvalue weighted by Gasteiger charge is 2.18. The molecule has 2 rings (SSSR count). The molecule has 0 spiro atoms. The maximum atomic E-state index is 5.92. The first-order valence-electron chi connectivity index (χ1n) is 6.36. The molecule has 1 aromatic carbocycles. The lowest BCUT2D eigenvalue weighted by Gasteiger charge is -2.28. The van der Waals surface area contributed by atoms with Crippen LogP contribution in [0, 0.1) is 6.92 Å². The predicted octanol–water partition coefficient (Wildman–Crippen LogP) is 2.69. The molecule has 0 unspecified atom stereocenters. The number of ether oxygens (including phenoxy) is 1. The van der Waals surface area contributed by atoms with E-state index in [4.69, 9.17) is 10.5 Å². The Hall–Kier alpha value is -1.22. The Balaban J connectivity index is 2.03. The van der Waals surface area contributed by atoms with Gasteiger partial charge in [0, 0.05) is 23.3 Å². The summed E-state index contributed by atoms with van der Waals surface area (Å²) < 4.78 is 5.33. The van der Waals surface area contributed by atoms with Gasteiger partial charge in [0.25, 0.3) is 0 Å². The zero-order valence-corrected chi connectivity index (χ0v) is 10.7. The van der Waals surface area contributed by atoms with E-state index in [-0.39, 0.29) is 0 Å². The summed E-state index contributed by atoms with van der Waals surface area (Å²) in [7, 11) is 1.71. The van der Waals surface area contributed by atoms with Gasteiger partial charge in [0.05, 0.1) is 7.11 Å². The molecule has 1 aliphatic carbocycles. The Kier molecular flexibility index (Phi) is 3.89. The Morgan fingerprint density at radius 2 is 1.94 bits per heavy atom. The summed E-state index contributed by atoms with van der Waals surface area (Å²) >= 11 is 0. The minimum absolute atomic E-state index is 0.402. The molecule has 0 atom stereocenters. The maximum absolute atomic E-state index is 5.92. The van der Waals surface area contributed by atoms with Crippen molar-refractivity contribution in [1.29, 1.82) is 0 Å². The second-order valence-corrected chi connectivity index (χ2v) is 4.89. The maximum Gasteiger partial charge on any atom is 0.123 e. The number of rotatable bonds is 3. The molecule has 0 aromatic heterocycles. The molecule has 0 aliphatic heterocycles. The molecule has 0 heterocycles. The van der Waals surface area contributed by atoms with E-state index in [1.807, 2.05) is 12.1 Å². The van der Waals surface area contributed by atoms with Crippen LogP contribution in [0.1, 0.15) is 31.2 Å². The number of hydrogen-bond donors (Lipinski definition) is 2. The van der Waals surface area contributed by atoms with Crippen molar-refractivity contribution in [3.8, 4) is 5.75 Å². The lowest BCUT2D eigenvalue weighted by molar-refractivity contribution is 0.407. The van der Waals surface area contributed by atoms with E-state index in [1.165, 1.54) is 11.3 Å². The van der Waals surface area contributed by atoms with Gasteiger partial charge in [-0.15, -0.1) is 0 Å². The van der Waals surface area contributed by atoms with E-state index in [0.717, 1.165) is 31.4 Å². The molecule has 1 saturated carbocycles. The van der Waals surface area contributed by atoms with Crippen molar-refractivity contribution in [3.63, 3.8) is 0 Å². The molecule has 0 radical (unpaired) electrons. The Labute approximate surface area is 103 Å². The number of nitrogens with one attached hydrogen (secondary N) is 1. The number of methoxy groups -OCH3 is 1. The van der Waals surface area contributed by atoms with Crippen molar-refractivity contribution < 1.29 is 4.74 Å². The lowest BCUT2D eigenvalue weighted by Crippen LogP contribution is -2.32. The fraction of sp³-hybridized carbons (Fsp3) is 0.571. The van der Waals surface area contributed by atoms with Crippen LogP contribution >= 0.6 is 0 Å². The van der Waals surface area contributed by atoms with Crippen LogP contribution in [0.25, 0.3) is 0 Å². The van der Waals surface area contributed by atoms with Gasteiger partial charge in [-0.3, -0.25) is 0 Å². The lowest BCUT2D eigenvalue weighted by atomic mass is 9.91. The average Bonchev–Trinajstić information content (AvgIpc) is 2.35. The van der Waals surface area contributed by atoms with Crippen molar-refractivity contribution in [3.05, 3.63) is 23.8 Å². The number of benzene rings is 1. The van der Waals surface area contributed by atoms with E-state index in [1.54, 1.807) is 7.11 Å². The van der Waals surface area contributed by atoms with E-state index in [2.05, 4.69) is 18.3 Å². The van der Waals surface area contributed by atoms with Gasteiger partial charge in [-0.25, -0.2) is 0 Å². The van der Waals surface area contributed by atoms with E-state index >= 15 is 0 Å². The molecule has 94 valence electrons. The van der Waals surface area contributed by atoms with Gasteiger partial charge in [0.15, 0.2) is 0 Å². The summed E-state index contributed by atoms with van der Waals surface area (Å²) in [5.41, 5.74) is 8.29. The monoisotopic (exact) mass is 234 g/mol. The molecule has 3 nitrogen and oxygen atoms in total. The second kappa shape index (κ2) is 5.41. The molecule has 3 N–H and O–H groups in total. The van der Waals surface area contributed by atoms with E-state index < -0.39 is 0 Å². The molecule has 0 bridgehead atoms. The van der Waals surface area contributed by atoms with E-state index in [9.17, 15) is 0 Å². The smallest absolute Gasteiger partial charge is 0.123 e. The zero-order chi connectivity index (χ0) is 12.3. The highest BCUT2D eigenvalue weighted by atomic mass is 16.5. The van der Waals surface area contributed by atoms with Crippen molar-refractivity contribution >= 4 is 5.69 Å². The van der Waals surface area contributed by atoms with Crippen LogP contribution in [0.4, 0.5) is 5.69 Å². The van der Waals surface area contributed by atoms with Crippen LogP contribution in [0.3, 0.4) is 0 Å². The highest BCUT2D eigenvalue weighted by molar-refractivity contribution is 5.57. The van der Waals surface area contributed by atoms with Crippen molar-refractivity contribution in [2.24, 2.45) is 5.73 Å². The largest absolute Gasteiger partial charge is 0.496 e. The summed E-state index contributed by atoms with van der Waals surface area (Å²) in [6.07, 6.45) is 4.58. The van der Waals surface area contributed by atoms with Gasteiger partial charge in [-0.2, -0.15) is 0 Å². The fourth-order valence-corrected chi connectivity index (χ4v) is 2.48. The van der Waals surface area contributed by atoms with Gasteiger partial charge in [0.2, 0.25) is 0 Å². The van der Waals surface area contributed by atoms with Crippen LogP contribution in [0.2, 0.25) is 0 Å². The highest BCUT2D eigenvalue weighted by Crippen LogP contribution is 2.28. The first-order valence-corrected chi connectivity index (χ1v) is 6.36. The summed E-state index contributed by atoms with van der Waals surface area (Å²) in [4.78, 5) is 0. The molecule has 1 aromatic rings. The number of hydrogen-bond acceptors (Lipinski definition) is 3. The third kappa shape index (κ3) is 2.91. The van der Waals surface area contributed by atoms with Gasteiger partial charge in [-0.05, 0) is 44.7 Å². The fourth-order valence-electron chi connectivity index (χ4n) is 2.48. The van der Waals surface area contributed by atoms with Crippen LogP contribution in [-0.4, -0.2) is 19.2 Å². The average molecular weight is 234 g/mol. The second-order valence-electron chi connectivity index (χ2n) is 4.89. The van der Waals surface area contributed by atoms with Gasteiger partial charge >= 0.3 is 0 Å². The Bertz CT molecular complexity index is 370. The zero-order valence-electron chi connectivity index (χ0n) is 10.7. The molecule has 0 saturated heterocycles. The molecule has 3 heteroatoms. The van der Waals surface area contributed by atoms with Crippen molar-refractivity contribution in [2.75, 3.05) is 12.4 Å². The Morgan fingerprint density at radius 3 is 2.59 bits per heavy atom. The minimum Gasteiger partial charge on any atom is -0.496 e. The number of anilines is 1. The SMILES string of the molecule is COc1cccc(NC2CCC(N)CC2)c1C. The third-order valence-electron chi connectivity index (χ3n) is 3.64. The van der Waals surface area contributed by atoms with Crippen LogP contribution in [-0.2, 0) is 0 Å². The number of nitrogens with two attached hydrogens (primary N) is 1. The third-order valence-corrected chi connectivity index (χ3v) is 3.64. The molecule has 1 aliphatic rings. The summed E-state index contributed by atoms with van der Waals surface area (Å²) in [6.45, 7) is 2.09. The molecule has 0 amide bonds. The first kappa shape index (κ1) is 12.2. The molecule has 17 heavy (non-hydrogen) atoms. The molecule has 1 fully saturated rings. The van der Waals surface area contributed by atoms with Crippen molar-refractivity contribution in [2.45, 2.75) is 44.7 Å². The normalized spacial score (nSPS) is 24.4. The van der Waals surface area contributed by atoms with Crippen LogP contribution < -0.4 is 15.8 Å². The van der Waals surface area contributed by atoms with Crippen LogP contribution in [0.15, 0.2) is 18.2 Å². The van der Waals surface area contributed by atoms with E-state index in [0.29, 0.717) is 12.1 Å². The predicted molar refractivity (Wildman–Crippen MR) is 71.6 cm³/mol. The first-order chi connectivity index (χ1) is 8.20. The topological polar surface area (TPSA) is 47.3 Å². The van der Waals surface area contributed by atoms with Gasteiger partial charge in [0.1, 0.15) is 5.75 Å². The van der Waals surface area contributed by atoms with Gasteiger partial charge < -0.3 is 15.8 Å². The molecular formula is C14H22N2O. The summed E-state index contributed by atoms with van der Waals surface area (Å²) in [6, 6.07) is 7.10. The molecular weight excluding hydrogens is 212 g/mol. The minimum atomic E-state index is 0.402. The standard InChI is InChI=1S/C14H22N2O/c1-10-13(4-3-5-14(10)17-2)16-12-8-6-11(15)7-9-12/h3-5,11-12,16H,6-9,15H2,1-2H3. The van der Waals surface area contributed by atoms with Crippen LogP contribution in [0.5, 0.6) is 5.75 Å². The summed E-state index contributed by atoms with van der Waals surface area (Å²) in [5.74, 6) is 0.947.